The van der Waals surface area contributed by atoms with Crippen molar-refractivity contribution >= 4 is 59.7 Å². The molecule has 69 heavy (non-hydrogen) atoms. The SMILES string of the molecule is CCOC(OCC)[C@H]1NC(=O)[C@H](CNC(=O)C[C@H](CCCNC(=O)OC(C)(C)C)NC(=O)OC(C)(C)C)NC(=O)[C@H](C)NC(=O)[C@@H](NC(=O)OC(C)(C)C)CNC(=O)[C@H]([C@H]2CCNC(N)=N2)NC1=O. The summed E-state index contributed by atoms with van der Waals surface area (Å²) in [5.74, 6) is -5.50. The molecule has 0 aromatic rings. The zero-order chi connectivity index (χ0) is 52.3. The number of nitrogens with zero attached hydrogens (tertiary/aromatic N) is 1. The Kier molecular flexibility index (Phi) is 23.2. The van der Waals surface area contributed by atoms with Gasteiger partial charge in [-0.05, 0) is 102 Å². The minimum absolute atomic E-state index is 0.00160. The minimum atomic E-state index is -1.70. The Balaban J connectivity index is 2.57. The number of nitrogens with two attached hydrogens (primary N) is 1. The molecule has 0 radical (unpaired) electrons. The summed E-state index contributed by atoms with van der Waals surface area (Å²) in [5.41, 5.74) is 3.36. The molecule has 2 aliphatic heterocycles. The first-order valence-electron chi connectivity index (χ1n) is 23.0. The number of alkyl carbamates (subject to hydrolysis) is 3. The average Bonchev–Trinajstić information content (AvgIpc) is 3.20. The van der Waals surface area contributed by atoms with Crippen molar-refractivity contribution in [1.29, 1.82) is 0 Å². The number of amides is 9. The highest BCUT2D eigenvalue weighted by Gasteiger charge is 2.40. The second kappa shape index (κ2) is 27.1. The zero-order valence-electron chi connectivity index (χ0n) is 41.9. The maximum absolute atomic E-state index is 14.4. The summed E-state index contributed by atoms with van der Waals surface area (Å²) in [6, 6.07) is -9.62. The highest BCUT2D eigenvalue weighted by Crippen LogP contribution is 2.14. The quantitative estimate of drug-likeness (QED) is 0.0489. The highest BCUT2D eigenvalue weighted by atomic mass is 16.7. The third-order valence-corrected chi connectivity index (χ3v) is 9.46. The van der Waals surface area contributed by atoms with Crippen LogP contribution in [-0.2, 0) is 52.5 Å². The zero-order valence-corrected chi connectivity index (χ0v) is 41.9. The number of guanidine groups is 1. The maximum Gasteiger partial charge on any atom is 0.408 e. The van der Waals surface area contributed by atoms with Gasteiger partial charge in [-0.3, -0.25) is 28.8 Å². The third kappa shape index (κ3) is 23.1. The fourth-order valence-corrected chi connectivity index (χ4v) is 6.46. The number of rotatable bonds is 16. The lowest BCUT2D eigenvalue weighted by Gasteiger charge is -2.33. The van der Waals surface area contributed by atoms with Crippen molar-refractivity contribution in [3.63, 3.8) is 0 Å². The van der Waals surface area contributed by atoms with E-state index in [4.69, 9.17) is 29.4 Å². The Labute approximate surface area is 403 Å². The minimum Gasteiger partial charge on any atom is -0.444 e. The molecule has 0 aliphatic carbocycles. The highest BCUT2D eigenvalue weighted by molar-refractivity contribution is 5.97. The van der Waals surface area contributed by atoms with Crippen LogP contribution in [-0.4, -0.2) is 164 Å². The Bertz CT molecular complexity index is 1820. The van der Waals surface area contributed by atoms with E-state index in [1.165, 1.54) is 6.92 Å². The van der Waals surface area contributed by atoms with E-state index in [2.05, 4.69) is 58.2 Å². The van der Waals surface area contributed by atoms with E-state index in [1.807, 2.05) is 0 Å². The van der Waals surface area contributed by atoms with Crippen molar-refractivity contribution in [2.24, 2.45) is 10.7 Å². The molecule has 2 rings (SSSR count). The van der Waals surface area contributed by atoms with Gasteiger partial charge in [-0.25, -0.2) is 19.4 Å². The van der Waals surface area contributed by atoms with E-state index >= 15 is 0 Å². The van der Waals surface area contributed by atoms with Crippen LogP contribution in [0.2, 0.25) is 0 Å². The van der Waals surface area contributed by atoms with E-state index in [-0.39, 0.29) is 57.9 Å². The normalized spacial score (nSPS) is 22.7. The van der Waals surface area contributed by atoms with Crippen LogP contribution in [0.5, 0.6) is 0 Å². The van der Waals surface area contributed by atoms with Crippen LogP contribution in [0.25, 0.3) is 0 Å². The molecule has 0 bridgehead atoms. The molecule has 0 spiro atoms. The molecule has 0 unspecified atom stereocenters. The molecule has 9 amide bonds. The Morgan fingerprint density at radius 3 is 1.90 bits per heavy atom. The smallest absolute Gasteiger partial charge is 0.408 e. The Morgan fingerprint density at radius 2 is 1.32 bits per heavy atom. The number of hydrogen-bond acceptors (Lipinski definition) is 17. The molecule has 392 valence electrons. The third-order valence-electron chi connectivity index (χ3n) is 9.46. The topological polar surface area (TPSA) is 358 Å². The van der Waals surface area contributed by atoms with E-state index in [1.54, 1.807) is 76.2 Å². The average molecular weight is 985 g/mol. The molecule has 26 heteroatoms. The first-order valence-corrected chi connectivity index (χ1v) is 23.0. The van der Waals surface area contributed by atoms with Crippen molar-refractivity contribution in [1.82, 2.24) is 53.2 Å². The number of aliphatic imine (C=N–C) groups is 1. The van der Waals surface area contributed by atoms with Gasteiger partial charge in [-0.2, -0.15) is 0 Å². The lowest BCUT2D eigenvalue weighted by molar-refractivity contribution is -0.169. The molecule has 0 saturated carbocycles. The van der Waals surface area contributed by atoms with Gasteiger partial charge in [0.1, 0.15) is 41.0 Å². The summed E-state index contributed by atoms with van der Waals surface area (Å²) < 4.78 is 27.5. The standard InChI is InChI=1S/C43H76N12O14/c1-13-65-36(66-14-2)30-35(61)54-29(25-17-19-45-37(44)52-25)34(60)48-22-27(53-40(64)69-43(10,11)12)32(58)49-23(3)31(57)51-26(33(59)55-30)21-47-28(56)20-24(50-39(63)68-42(7,8)9)16-15-18-46-38(62)67-41(4,5)6/h23-27,29-30,36H,13-22H2,1-12H3,(H,46,62)(H,47,56)(H,48,60)(H,49,58)(H,50,63)(H,51,57)(H,53,64)(H,54,61)(H,55,59)(H3,44,45,52)/t23-,24-,25+,26-,27-,29-,30-/m0/s1. The van der Waals surface area contributed by atoms with Crippen LogP contribution in [0.4, 0.5) is 14.4 Å². The predicted molar refractivity (Wildman–Crippen MR) is 249 cm³/mol. The lowest BCUT2D eigenvalue weighted by atomic mass is 10.0. The first kappa shape index (κ1) is 58.9. The summed E-state index contributed by atoms with van der Waals surface area (Å²) in [4.78, 5) is 126. The van der Waals surface area contributed by atoms with Crippen molar-refractivity contribution in [2.75, 3.05) is 39.4 Å². The fourth-order valence-electron chi connectivity index (χ4n) is 6.46. The Hall–Kier alpha value is -6.18. The molecule has 7 atom stereocenters. The monoisotopic (exact) mass is 985 g/mol. The fraction of sp³-hybridized carbons (Fsp3) is 0.767. The van der Waals surface area contributed by atoms with Crippen LogP contribution < -0.4 is 58.9 Å². The molecule has 12 N–H and O–H groups in total. The number of hydrogen-bond donors (Lipinski definition) is 11. The van der Waals surface area contributed by atoms with Gasteiger partial charge in [-0.15, -0.1) is 0 Å². The second-order valence-electron chi connectivity index (χ2n) is 19.2. The van der Waals surface area contributed by atoms with Crippen LogP contribution in [0.1, 0.15) is 109 Å². The van der Waals surface area contributed by atoms with Gasteiger partial charge in [0.2, 0.25) is 35.4 Å². The number of ether oxygens (including phenoxy) is 5. The number of nitrogens with one attached hydrogen (secondary N) is 10. The molecule has 2 heterocycles. The second-order valence-corrected chi connectivity index (χ2v) is 19.2. The molecule has 0 aromatic heterocycles. The van der Waals surface area contributed by atoms with Crippen LogP contribution >= 0.6 is 0 Å². The first-order chi connectivity index (χ1) is 32.0. The van der Waals surface area contributed by atoms with E-state index < -0.39 is 132 Å². The van der Waals surface area contributed by atoms with Crippen LogP contribution in [0, 0.1) is 0 Å². The summed E-state index contributed by atoms with van der Waals surface area (Å²) >= 11 is 0. The van der Waals surface area contributed by atoms with Gasteiger partial charge in [0.25, 0.3) is 0 Å². The molecule has 26 nitrogen and oxygen atoms in total. The molecule has 0 aromatic carbocycles. The maximum atomic E-state index is 14.4. The largest absolute Gasteiger partial charge is 0.444 e. The molecular formula is C43H76N12O14. The van der Waals surface area contributed by atoms with Gasteiger partial charge in [0.05, 0.1) is 6.04 Å². The van der Waals surface area contributed by atoms with Crippen molar-refractivity contribution in [3.8, 4) is 0 Å². The van der Waals surface area contributed by atoms with E-state index in [0.29, 0.717) is 0 Å². The van der Waals surface area contributed by atoms with Gasteiger partial charge < -0.3 is 82.6 Å². The van der Waals surface area contributed by atoms with Crippen LogP contribution in [0.3, 0.4) is 0 Å². The van der Waals surface area contributed by atoms with Crippen molar-refractivity contribution < 1.29 is 66.8 Å². The van der Waals surface area contributed by atoms with Gasteiger partial charge >= 0.3 is 18.3 Å². The van der Waals surface area contributed by atoms with E-state index in [0.717, 1.165) is 0 Å². The summed E-state index contributed by atoms with van der Waals surface area (Å²) in [6.07, 6.45) is -3.66. The van der Waals surface area contributed by atoms with Crippen LogP contribution in [0.15, 0.2) is 4.99 Å². The Morgan fingerprint density at radius 1 is 0.725 bits per heavy atom. The van der Waals surface area contributed by atoms with E-state index in [9.17, 15) is 43.2 Å². The molecule has 1 fully saturated rings. The number of carbonyl (C=O) groups is 9. The van der Waals surface area contributed by atoms with Gasteiger partial charge in [0.15, 0.2) is 18.3 Å². The number of carbonyl (C=O) groups excluding carboxylic acids is 9. The van der Waals surface area contributed by atoms with Crippen molar-refractivity contribution in [3.05, 3.63) is 0 Å². The summed E-state index contributed by atoms with van der Waals surface area (Å²) in [5, 5.41) is 25.8. The molecule has 2 aliphatic rings. The molecular weight excluding hydrogens is 909 g/mol. The van der Waals surface area contributed by atoms with Crippen molar-refractivity contribution in [2.45, 2.75) is 174 Å². The summed E-state index contributed by atoms with van der Waals surface area (Å²) in [7, 11) is 0. The molecule has 1 saturated heterocycles. The summed E-state index contributed by atoms with van der Waals surface area (Å²) in [6.45, 7) is 18.6. The predicted octanol–water partition coefficient (Wildman–Crippen LogP) is -1.25. The van der Waals surface area contributed by atoms with Gasteiger partial charge in [0, 0.05) is 51.9 Å². The lowest BCUT2D eigenvalue weighted by Crippen LogP contribution is -2.65. The van der Waals surface area contributed by atoms with Gasteiger partial charge in [-0.1, -0.05) is 0 Å².